The summed E-state index contributed by atoms with van der Waals surface area (Å²) in [6, 6.07) is 19.6. The van der Waals surface area contributed by atoms with Crippen molar-refractivity contribution in [3.8, 4) is 11.5 Å². The molecule has 3 aromatic carbocycles. The highest BCUT2D eigenvalue weighted by Gasteiger charge is 2.24. The predicted molar refractivity (Wildman–Crippen MR) is 150 cm³/mol. The lowest BCUT2D eigenvalue weighted by Crippen LogP contribution is -2.05. The fourth-order valence-electron chi connectivity index (χ4n) is 3.54. The Labute approximate surface area is 227 Å². The first-order valence-electron chi connectivity index (χ1n) is 11.3. The standard InChI is InChI=1S/C28H25BrINO4/c1-4-33-25-15-18(13-23(30)26(25)34-16-21-7-5-6-8-22(21)29)14-24-28(32)35-27(31-24)20-11-9-19(10-12-20)17(2)3/h5-15,17H,4,16H2,1-3H3/b24-14-. The third-order valence-corrected chi connectivity index (χ3v) is 6.98. The van der Waals surface area contributed by atoms with E-state index in [1.165, 1.54) is 5.56 Å². The van der Waals surface area contributed by atoms with Gasteiger partial charge in [0, 0.05) is 15.6 Å². The van der Waals surface area contributed by atoms with Gasteiger partial charge in [-0.15, -0.1) is 0 Å². The summed E-state index contributed by atoms with van der Waals surface area (Å²) in [5.41, 5.74) is 4.04. The van der Waals surface area contributed by atoms with E-state index in [2.05, 4.69) is 57.4 Å². The lowest BCUT2D eigenvalue weighted by Gasteiger charge is -2.15. The molecule has 35 heavy (non-hydrogen) atoms. The van der Waals surface area contributed by atoms with Crippen LogP contribution >= 0.6 is 38.5 Å². The Hall–Kier alpha value is -2.65. The van der Waals surface area contributed by atoms with Gasteiger partial charge in [-0.1, -0.05) is 60.1 Å². The second-order valence-corrected chi connectivity index (χ2v) is 10.3. The van der Waals surface area contributed by atoms with E-state index in [-0.39, 0.29) is 5.70 Å². The van der Waals surface area contributed by atoms with Gasteiger partial charge in [0.15, 0.2) is 17.2 Å². The minimum atomic E-state index is -0.477. The van der Waals surface area contributed by atoms with Crippen LogP contribution in [0.25, 0.3) is 6.08 Å². The number of cyclic esters (lactones) is 1. The summed E-state index contributed by atoms with van der Waals surface area (Å²) >= 11 is 5.78. The van der Waals surface area contributed by atoms with Crippen LogP contribution in [0.5, 0.6) is 11.5 Å². The zero-order valence-corrected chi connectivity index (χ0v) is 23.4. The lowest BCUT2D eigenvalue weighted by molar-refractivity contribution is -0.129. The molecule has 7 heteroatoms. The molecular weight excluding hydrogens is 621 g/mol. The van der Waals surface area contributed by atoms with Crippen molar-refractivity contribution < 1.29 is 19.0 Å². The highest BCUT2D eigenvalue weighted by atomic mass is 127. The summed E-state index contributed by atoms with van der Waals surface area (Å²) in [6.07, 6.45) is 1.71. The molecule has 0 N–H and O–H groups in total. The summed E-state index contributed by atoms with van der Waals surface area (Å²) < 4.78 is 19.3. The first kappa shape index (κ1) is 25.4. The molecule has 0 aromatic heterocycles. The summed E-state index contributed by atoms with van der Waals surface area (Å²) in [4.78, 5) is 17.0. The van der Waals surface area contributed by atoms with E-state index in [0.717, 1.165) is 24.7 Å². The number of ether oxygens (including phenoxy) is 3. The predicted octanol–water partition coefficient (Wildman–Crippen LogP) is 7.50. The largest absolute Gasteiger partial charge is 0.490 e. The second-order valence-electron chi connectivity index (χ2n) is 8.26. The molecule has 180 valence electrons. The molecule has 0 radical (unpaired) electrons. The summed E-state index contributed by atoms with van der Waals surface area (Å²) in [5, 5.41) is 0. The van der Waals surface area contributed by atoms with Gasteiger partial charge in [0.2, 0.25) is 5.90 Å². The normalized spacial score (nSPS) is 14.3. The van der Waals surface area contributed by atoms with Crippen molar-refractivity contribution in [1.82, 2.24) is 0 Å². The van der Waals surface area contributed by atoms with Crippen molar-refractivity contribution in [3.05, 3.63) is 96.7 Å². The maximum atomic E-state index is 12.5. The number of carbonyl (C=O) groups excluding carboxylic acids is 1. The highest BCUT2D eigenvalue weighted by molar-refractivity contribution is 14.1. The van der Waals surface area contributed by atoms with Gasteiger partial charge in [0.05, 0.1) is 10.2 Å². The monoisotopic (exact) mass is 645 g/mol. The van der Waals surface area contributed by atoms with E-state index in [1.807, 2.05) is 67.6 Å². The van der Waals surface area contributed by atoms with Gasteiger partial charge in [-0.25, -0.2) is 9.79 Å². The molecule has 0 amide bonds. The number of hydrogen-bond acceptors (Lipinski definition) is 5. The molecule has 4 rings (SSSR count). The van der Waals surface area contributed by atoms with Gasteiger partial charge in [-0.2, -0.15) is 0 Å². The maximum Gasteiger partial charge on any atom is 0.363 e. The molecular formula is C28H25BrINO4. The smallest absolute Gasteiger partial charge is 0.363 e. The zero-order chi connectivity index (χ0) is 24.9. The first-order valence-corrected chi connectivity index (χ1v) is 13.2. The molecule has 0 saturated carbocycles. The van der Waals surface area contributed by atoms with Gasteiger partial charge < -0.3 is 14.2 Å². The average molecular weight is 646 g/mol. The summed E-state index contributed by atoms with van der Waals surface area (Å²) in [6.45, 7) is 7.08. The van der Waals surface area contributed by atoms with Gasteiger partial charge >= 0.3 is 5.97 Å². The Balaban J connectivity index is 1.60. The van der Waals surface area contributed by atoms with Gasteiger partial charge in [0.25, 0.3) is 0 Å². The first-order chi connectivity index (χ1) is 16.9. The van der Waals surface area contributed by atoms with Gasteiger partial charge in [-0.05, 0) is 83.0 Å². The van der Waals surface area contributed by atoms with Crippen LogP contribution in [0.3, 0.4) is 0 Å². The molecule has 0 saturated heterocycles. The number of halogens is 2. The lowest BCUT2D eigenvalue weighted by atomic mass is 10.0. The van der Waals surface area contributed by atoms with Crippen molar-refractivity contribution in [1.29, 1.82) is 0 Å². The molecule has 0 fully saturated rings. The molecule has 1 heterocycles. The number of carbonyl (C=O) groups is 1. The van der Waals surface area contributed by atoms with Gasteiger partial charge in [-0.3, -0.25) is 0 Å². The van der Waals surface area contributed by atoms with E-state index in [1.54, 1.807) is 6.08 Å². The van der Waals surface area contributed by atoms with Crippen LogP contribution in [-0.2, 0) is 16.1 Å². The number of nitrogens with zero attached hydrogens (tertiary/aromatic N) is 1. The van der Waals surface area contributed by atoms with Crippen LogP contribution in [0.4, 0.5) is 0 Å². The molecule has 0 bridgehead atoms. The number of rotatable bonds is 8. The van der Waals surface area contributed by atoms with Crippen LogP contribution in [0.15, 0.2) is 75.8 Å². The van der Waals surface area contributed by atoms with Crippen molar-refractivity contribution in [3.63, 3.8) is 0 Å². The average Bonchev–Trinajstić information content (AvgIpc) is 3.20. The van der Waals surface area contributed by atoms with Crippen LogP contribution in [0.2, 0.25) is 0 Å². The minimum absolute atomic E-state index is 0.244. The third-order valence-electron chi connectivity index (χ3n) is 5.41. The van der Waals surface area contributed by atoms with E-state index >= 15 is 0 Å². The molecule has 1 aliphatic heterocycles. The number of benzene rings is 3. The highest BCUT2D eigenvalue weighted by Crippen LogP contribution is 2.36. The third kappa shape index (κ3) is 6.13. The Morgan fingerprint density at radius 1 is 1.09 bits per heavy atom. The van der Waals surface area contributed by atoms with Gasteiger partial charge in [0.1, 0.15) is 6.61 Å². The Morgan fingerprint density at radius 3 is 2.51 bits per heavy atom. The Morgan fingerprint density at radius 2 is 1.83 bits per heavy atom. The van der Waals surface area contributed by atoms with Crippen LogP contribution in [0.1, 0.15) is 48.9 Å². The van der Waals surface area contributed by atoms with Crippen LogP contribution < -0.4 is 9.47 Å². The van der Waals surface area contributed by atoms with Crippen molar-refractivity contribution >= 4 is 56.5 Å². The van der Waals surface area contributed by atoms with Crippen molar-refractivity contribution in [2.24, 2.45) is 4.99 Å². The van der Waals surface area contributed by atoms with Crippen molar-refractivity contribution in [2.45, 2.75) is 33.3 Å². The molecule has 1 aliphatic rings. The zero-order valence-electron chi connectivity index (χ0n) is 19.7. The molecule has 0 atom stereocenters. The fourth-order valence-corrected chi connectivity index (χ4v) is 4.72. The van der Waals surface area contributed by atoms with E-state index in [0.29, 0.717) is 36.5 Å². The molecule has 5 nitrogen and oxygen atoms in total. The quantitative estimate of drug-likeness (QED) is 0.145. The Bertz CT molecular complexity index is 1300. The molecule has 3 aromatic rings. The number of esters is 1. The summed E-state index contributed by atoms with van der Waals surface area (Å²) in [5.74, 6) is 1.53. The van der Waals surface area contributed by atoms with Crippen LogP contribution in [0, 0.1) is 3.57 Å². The molecule has 0 spiro atoms. The van der Waals surface area contributed by atoms with E-state index in [4.69, 9.17) is 14.2 Å². The maximum absolute atomic E-state index is 12.5. The SMILES string of the molecule is CCOc1cc(/C=C2\N=C(c3ccc(C(C)C)cc3)OC2=O)cc(I)c1OCc1ccccc1Br. The number of hydrogen-bond donors (Lipinski definition) is 0. The number of aliphatic imine (C=N–C) groups is 1. The van der Waals surface area contributed by atoms with E-state index in [9.17, 15) is 4.79 Å². The van der Waals surface area contributed by atoms with Crippen LogP contribution in [-0.4, -0.2) is 18.5 Å². The Kier molecular flexibility index (Phi) is 8.28. The molecule has 0 aliphatic carbocycles. The summed E-state index contributed by atoms with van der Waals surface area (Å²) in [7, 11) is 0. The molecule has 0 unspecified atom stereocenters. The topological polar surface area (TPSA) is 57.1 Å². The minimum Gasteiger partial charge on any atom is -0.490 e. The second kappa shape index (κ2) is 11.4. The van der Waals surface area contributed by atoms with E-state index < -0.39 is 5.97 Å². The van der Waals surface area contributed by atoms with Crippen molar-refractivity contribution in [2.75, 3.05) is 6.61 Å². The fraction of sp³-hybridized carbons (Fsp3) is 0.214.